The molecule has 0 radical (unpaired) electrons. The van der Waals surface area contributed by atoms with E-state index in [9.17, 15) is 0 Å². The lowest BCUT2D eigenvalue weighted by molar-refractivity contribution is 0.541. The summed E-state index contributed by atoms with van der Waals surface area (Å²) in [5.74, 6) is 1.07. The van der Waals surface area contributed by atoms with Gasteiger partial charge in [0, 0.05) is 9.94 Å². The number of hydrogen-bond donors (Lipinski definition) is 0. The monoisotopic (exact) mass is 188 g/mol. The minimum atomic E-state index is 0.490. The maximum absolute atomic E-state index is 6.14. The first-order valence-electron chi connectivity index (χ1n) is 3.78. The average molecular weight is 189 g/mol. The van der Waals surface area contributed by atoms with Crippen LogP contribution in [0, 0.1) is 11.8 Å². The van der Waals surface area contributed by atoms with E-state index in [-0.39, 0.29) is 0 Å². The first-order chi connectivity index (χ1) is 5.16. The molecule has 0 aromatic rings. The van der Waals surface area contributed by atoms with Crippen molar-refractivity contribution >= 4 is 23.4 Å². The highest BCUT2D eigenvalue weighted by molar-refractivity contribution is 8.02. The molecule has 0 nitrogen and oxygen atoms in total. The molecule has 0 aromatic carbocycles. The van der Waals surface area contributed by atoms with Crippen LogP contribution in [0.1, 0.15) is 13.8 Å². The molecule has 11 heavy (non-hydrogen) atoms. The molecule has 0 bridgehead atoms. The third-order valence-corrected chi connectivity index (χ3v) is 3.65. The van der Waals surface area contributed by atoms with Crippen molar-refractivity contribution in [2.75, 3.05) is 6.26 Å². The van der Waals surface area contributed by atoms with Gasteiger partial charge in [0.15, 0.2) is 0 Å². The van der Waals surface area contributed by atoms with E-state index in [4.69, 9.17) is 11.6 Å². The van der Waals surface area contributed by atoms with Gasteiger partial charge in [0.25, 0.3) is 0 Å². The molecule has 0 spiro atoms. The molecule has 0 aliphatic heterocycles. The highest BCUT2D eigenvalue weighted by atomic mass is 35.5. The fraction of sp³-hybridized carbons (Fsp3) is 0.556. The normalized spacial score (nSPS) is 31.3. The Hall–Kier alpha value is 0.120. The Balaban J connectivity index is 2.87. The van der Waals surface area contributed by atoms with E-state index in [1.807, 2.05) is 0 Å². The molecule has 0 saturated carbocycles. The molecule has 0 saturated heterocycles. The largest absolute Gasteiger partial charge is 0.128 e. The molecular weight excluding hydrogens is 176 g/mol. The van der Waals surface area contributed by atoms with Crippen molar-refractivity contribution in [1.82, 2.24) is 0 Å². The molecule has 0 aromatic heterocycles. The fourth-order valence-corrected chi connectivity index (χ4v) is 2.19. The van der Waals surface area contributed by atoms with Gasteiger partial charge in [0.1, 0.15) is 0 Å². The van der Waals surface area contributed by atoms with Crippen molar-refractivity contribution in [3.63, 3.8) is 0 Å². The van der Waals surface area contributed by atoms with E-state index < -0.39 is 0 Å². The summed E-state index contributed by atoms with van der Waals surface area (Å²) in [5.41, 5.74) is 0. The summed E-state index contributed by atoms with van der Waals surface area (Å²) in [6.45, 7) is 4.37. The minimum absolute atomic E-state index is 0.490. The summed E-state index contributed by atoms with van der Waals surface area (Å²) in [4.78, 5) is 1.22. The number of hydrogen-bond acceptors (Lipinski definition) is 1. The van der Waals surface area contributed by atoms with E-state index in [0.717, 1.165) is 5.03 Å². The Morgan fingerprint density at radius 2 is 2.09 bits per heavy atom. The molecule has 2 atom stereocenters. The maximum atomic E-state index is 6.14. The van der Waals surface area contributed by atoms with Crippen LogP contribution in [0.3, 0.4) is 0 Å². The molecule has 2 unspecified atom stereocenters. The van der Waals surface area contributed by atoms with Crippen LogP contribution in [0.15, 0.2) is 22.1 Å². The average Bonchev–Trinajstić information content (AvgIpc) is 2.01. The zero-order valence-corrected chi connectivity index (χ0v) is 8.67. The lowest BCUT2D eigenvalue weighted by Crippen LogP contribution is -2.09. The van der Waals surface area contributed by atoms with E-state index >= 15 is 0 Å². The third kappa shape index (κ3) is 1.83. The Bertz CT molecular complexity index is 206. The maximum Gasteiger partial charge on any atom is 0.0350 e. The second-order valence-electron chi connectivity index (χ2n) is 2.92. The van der Waals surface area contributed by atoms with Gasteiger partial charge in [0.05, 0.1) is 0 Å². The number of halogens is 1. The van der Waals surface area contributed by atoms with Crippen LogP contribution in [-0.4, -0.2) is 6.26 Å². The zero-order chi connectivity index (χ0) is 8.43. The molecule has 1 rings (SSSR count). The Morgan fingerprint density at radius 1 is 1.45 bits per heavy atom. The van der Waals surface area contributed by atoms with E-state index in [2.05, 4.69) is 32.3 Å². The SMILES string of the molecule is CSC1=C(Cl)C(C)C(C)C=C1. The van der Waals surface area contributed by atoms with Gasteiger partial charge in [-0.2, -0.15) is 0 Å². The quantitative estimate of drug-likeness (QED) is 0.606. The number of allylic oxidation sites excluding steroid dienone is 3. The molecule has 2 heteroatoms. The van der Waals surface area contributed by atoms with E-state index in [0.29, 0.717) is 11.8 Å². The summed E-state index contributed by atoms with van der Waals surface area (Å²) in [7, 11) is 0. The van der Waals surface area contributed by atoms with Crippen molar-refractivity contribution in [2.45, 2.75) is 13.8 Å². The Kier molecular flexibility index (Phi) is 3.08. The number of thioether (sulfide) groups is 1. The fourth-order valence-electron chi connectivity index (χ4n) is 1.11. The van der Waals surface area contributed by atoms with Gasteiger partial charge < -0.3 is 0 Å². The lowest BCUT2D eigenvalue weighted by Gasteiger charge is -2.21. The van der Waals surface area contributed by atoms with E-state index in [1.54, 1.807) is 11.8 Å². The molecular formula is C9H13ClS. The van der Waals surface area contributed by atoms with E-state index in [1.165, 1.54) is 4.91 Å². The highest BCUT2D eigenvalue weighted by Gasteiger charge is 2.19. The van der Waals surface area contributed by atoms with Gasteiger partial charge in [-0.1, -0.05) is 37.6 Å². The second kappa shape index (κ2) is 3.68. The van der Waals surface area contributed by atoms with Gasteiger partial charge in [0.2, 0.25) is 0 Å². The summed E-state index contributed by atoms with van der Waals surface area (Å²) < 4.78 is 0. The summed E-state index contributed by atoms with van der Waals surface area (Å²) in [5, 5.41) is 1.02. The van der Waals surface area contributed by atoms with Gasteiger partial charge in [-0.25, -0.2) is 0 Å². The van der Waals surface area contributed by atoms with Gasteiger partial charge >= 0.3 is 0 Å². The molecule has 0 N–H and O–H groups in total. The van der Waals surface area contributed by atoms with Crippen molar-refractivity contribution in [2.24, 2.45) is 11.8 Å². The number of rotatable bonds is 1. The van der Waals surface area contributed by atoms with Crippen LogP contribution < -0.4 is 0 Å². The third-order valence-electron chi connectivity index (χ3n) is 2.19. The lowest BCUT2D eigenvalue weighted by atomic mass is 9.91. The Labute approximate surface area is 77.7 Å². The van der Waals surface area contributed by atoms with Crippen molar-refractivity contribution in [3.05, 3.63) is 22.1 Å². The molecule has 0 amide bonds. The summed E-state index contributed by atoms with van der Waals surface area (Å²) in [6.07, 6.45) is 6.41. The molecule has 1 aliphatic carbocycles. The highest BCUT2D eigenvalue weighted by Crippen LogP contribution is 2.35. The Morgan fingerprint density at radius 3 is 2.64 bits per heavy atom. The van der Waals surface area contributed by atoms with Crippen molar-refractivity contribution in [1.29, 1.82) is 0 Å². The summed E-state index contributed by atoms with van der Waals surface area (Å²) >= 11 is 7.86. The second-order valence-corrected chi connectivity index (χ2v) is 4.18. The standard InChI is InChI=1S/C9H13ClS/c1-6-4-5-8(11-3)9(10)7(6)2/h4-7H,1-3H3. The molecule has 0 heterocycles. The van der Waals surface area contributed by atoms with Gasteiger partial charge in [-0.15, -0.1) is 11.8 Å². The molecule has 1 aliphatic rings. The first-order valence-corrected chi connectivity index (χ1v) is 5.39. The van der Waals surface area contributed by atoms with Gasteiger partial charge in [-0.05, 0) is 18.1 Å². The van der Waals surface area contributed by atoms with Crippen molar-refractivity contribution < 1.29 is 0 Å². The van der Waals surface area contributed by atoms with Crippen LogP contribution in [0.5, 0.6) is 0 Å². The molecule has 62 valence electrons. The van der Waals surface area contributed by atoms with Crippen LogP contribution in [-0.2, 0) is 0 Å². The predicted octanol–water partition coefficient (Wildman–Crippen LogP) is 3.64. The van der Waals surface area contributed by atoms with Crippen LogP contribution in [0.4, 0.5) is 0 Å². The van der Waals surface area contributed by atoms with Crippen LogP contribution in [0.25, 0.3) is 0 Å². The molecule has 0 fully saturated rings. The summed E-state index contributed by atoms with van der Waals surface area (Å²) in [6, 6.07) is 0. The van der Waals surface area contributed by atoms with Crippen LogP contribution in [0.2, 0.25) is 0 Å². The van der Waals surface area contributed by atoms with Gasteiger partial charge in [-0.3, -0.25) is 0 Å². The predicted molar refractivity (Wildman–Crippen MR) is 53.9 cm³/mol. The first kappa shape index (κ1) is 9.21. The minimum Gasteiger partial charge on any atom is -0.128 e. The van der Waals surface area contributed by atoms with Crippen molar-refractivity contribution in [3.8, 4) is 0 Å². The zero-order valence-electron chi connectivity index (χ0n) is 7.10. The smallest absolute Gasteiger partial charge is 0.0350 e. The topological polar surface area (TPSA) is 0 Å². The van der Waals surface area contributed by atoms with Crippen LogP contribution >= 0.6 is 23.4 Å².